The van der Waals surface area contributed by atoms with Gasteiger partial charge in [-0.15, -0.1) is 0 Å². The van der Waals surface area contributed by atoms with E-state index in [1.54, 1.807) is 18.3 Å². The molecule has 0 aliphatic heterocycles. The first-order valence-corrected chi connectivity index (χ1v) is 13.0. The molecule has 0 spiro atoms. The van der Waals surface area contributed by atoms with Crippen LogP contribution in [-0.4, -0.2) is 21.4 Å². The van der Waals surface area contributed by atoms with Crippen molar-refractivity contribution in [3.05, 3.63) is 89.0 Å². The van der Waals surface area contributed by atoms with Gasteiger partial charge in [0.25, 0.3) is 0 Å². The fraction of sp³-hybridized carbons (Fsp3) is 0.333. The van der Waals surface area contributed by atoms with Crippen molar-refractivity contribution in [1.29, 1.82) is 0 Å². The molecule has 1 aliphatic rings. The van der Waals surface area contributed by atoms with Gasteiger partial charge in [-0.1, -0.05) is 74.2 Å². The van der Waals surface area contributed by atoms with Gasteiger partial charge in [0.15, 0.2) is 0 Å². The molecule has 4 nitrogen and oxygen atoms in total. The maximum Gasteiger partial charge on any atom is 0.128 e. The van der Waals surface area contributed by atoms with Gasteiger partial charge in [-0.3, -0.25) is 9.98 Å². The standard InChI is InChI=1S/C30H33ClFN3O/c1-3-4-10-23(18-33-21(2)30(36)15-8-5-9-16-30)22-13-14-28-25(17-22)29(26(31)20-34-28)35-19-24-11-6-7-12-27(24)32/h4,6-7,10-14,17-18,20,36H,3,5,8-9,15-16,19H2,1-2H3,(H,34,35)/b10-4+,23-18+,33-21?. The van der Waals surface area contributed by atoms with Crippen molar-refractivity contribution in [2.45, 2.75) is 64.5 Å². The number of anilines is 1. The van der Waals surface area contributed by atoms with Crippen LogP contribution in [0.5, 0.6) is 0 Å². The van der Waals surface area contributed by atoms with E-state index in [0.29, 0.717) is 22.8 Å². The molecule has 0 saturated heterocycles. The van der Waals surface area contributed by atoms with E-state index in [1.807, 2.05) is 43.5 Å². The van der Waals surface area contributed by atoms with Gasteiger partial charge in [0.05, 0.1) is 16.2 Å². The number of allylic oxidation sites excluding steroid dienone is 3. The largest absolute Gasteiger partial charge is 0.384 e. The maximum absolute atomic E-state index is 14.2. The molecule has 1 saturated carbocycles. The average Bonchev–Trinajstić information content (AvgIpc) is 2.89. The minimum atomic E-state index is -0.820. The Labute approximate surface area is 217 Å². The van der Waals surface area contributed by atoms with Gasteiger partial charge in [-0.05, 0) is 55.5 Å². The summed E-state index contributed by atoms with van der Waals surface area (Å²) in [6.45, 7) is 4.30. The number of hydrogen-bond acceptors (Lipinski definition) is 4. The predicted molar refractivity (Wildman–Crippen MR) is 149 cm³/mol. The first-order chi connectivity index (χ1) is 17.4. The van der Waals surface area contributed by atoms with Crippen LogP contribution in [0.2, 0.25) is 5.02 Å². The Morgan fingerprint density at radius 3 is 2.72 bits per heavy atom. The van der Waals surface area contributed by atoms with Gasteiger partial charge < -0.3 is 10.4 Å². The van der Waals surface area contributed by atoms with Crippen LogP contribution in [-0.2, 0) is 6.54 Å². The van der Waals surface area contributed by atoms with Crippen molar-refractivity contribution in [1.82, 2.24) is 4.98 Å². The monoisotopic (exact) mass is 505 g/mol. The molecule has 188 valence electrons. The second kappa shape index (κ2) is 11.8. The molecule has 0 unspecified atom stereocenters. The summed E-state index contributed by atoms with van der Waals surface area (Å²) < 4.78 is 14.2. The third-order valence-corrected chi connectivity index (χ3v) is 7.14. The van der Waals surface area contributed by atoms with E-state index in [2.05, 4.69) is 23.3 Å². The van der Waals surface area contributed by atoms with Gasteiger partial charge in [0.2, 0.25) is 0 Å². The molecule has 2 N–H and O–H groups in total. The third kappa shape index (κ3) is 6.03. The number of nitrogens with zero attached hydrogens (tertiary/aromatic N) is 2. The highest BCUT2D eigenvalue weighted by Gasteiger charge is 2.31. The molecular weight excluding hydrogens is 473 g/mol. The number of aromatic nitrogens is 1. The summed E-state index contributed by atoms with van der Waals surface area (Å²) in [7, 11) is 0. The van der Waals surface area contributed by atoms with Crippen molar-refractivity contribution >= 4 is 39.5 Å². The number of hydrogen-bond donors (Lipinski definition) is 2. The van der Waals surface area contributed by atoms with Crippen molar-refractivity contribution in [2.24, 2.45) is 4.99 Å². The molecule has 0 amide bonds. The summed E-state index contributed by atoms with van der Waals surface area (Å²) in [5.41, 5.74) is 3.87. The summed E-state index contributed by atoms with van der Waals surface area (Å²) in [4.78, 5) is 9.19. The zero-order valence-corrected chi connectivity index (χ0v) is 21.7. The summed E-state index contributed by atoms with van der Waals surface area (Å²) >= 11 is 6.53. The van der Waals surface area contributed by atoms with Crippen LogP contribution in [0.15, 0.2) is 72.0 Å². The first-order valence-electron chi connectivity index (χ1n) is 12.6. The fourth-order valence-corrected chi connectivity index (χ4v) is 4.81. The van der Waals surface area contributed by atoms with Crippen molar-refractivity contribution < 1.29 is 9.50 Å². The van der Waals surface area contributed by atoms with Crippen molar-refractivity contribution in [3.63, 3.8) is 0 Å². The van der Waals surface area contributed by atoms with Crippen LogP contribution in [0.4, 0.5) is 10.1 Å². The lowest BCUT2D eigenvalue weighted by Gasteiger charge is -2.31. The minimum absolute atomic E-state index is 0.261. The number of aliphatic hydroxyl groups is 1. The van der Waals surface area contributed by atoms with Gasteiger partial charge in [0.1, 0.15) is 11.4 Å². The van der Waals surface area contributed by atoms with Crippen LogP contribution in [0, 0.1) is 5.82 Å². The summed E-state index contributed by atoms with van der Waals surface area (Å²) in [6, 6.07) is 12.7. The highest BCUT2D eigenvalue weighted by atomic mass is 35.5. The average molecular weight is 506 g/mol. The Bertz CT molecular complexity index is 1310. The number of benzene rings is 2. The maximum atomic E-state index is 14.2. The Morgan fingerprint density at radius 1 is 1.19 bits per heavy atom. The summed E-state index contributed by atoms with van der Waals surface area (Å²) in [6.07, 6.45) is 13.2. The lowest BCUT2D eigenvalue weighted by atomic mass is 9.82. The van der Waals surface area contributed by atoms with Crippen LogP contribution in [0.3, 0.4) is 0 Å². The van der Waals surface area contributed by atoms with Crippen molar-refractivity contribution in [2.75, 3.05) is 5.32 Å². The Balaban J connectivity index is 1.71. The van der Waals surface area contributed by atoms with Crippen LogP contribution >= 0.6 is 11.6 Å². The predicted octanol–water partition coefficient (Wildman–Crippen LogP) is 8.10. The molecule has 1 aromatic heterocycles. The van der Waals surface area contributed by atoms with Crippen molar-refractivity contribution in [3.8, 4) is 0 Å². The normalized spacial score (nSPS) is 16.6. The van der Waals surface area contributed by atoms with E-state index < -0.39 is 5.60 Å². The van der Waals surface area contributed by atoms with Gasteiger partial charge in [-0.25, -0.2) is 4.39 Å². The molecule has 0 atom stereocenters. The molecule has 2 aromatic carbocycles. The van der Waals surface area contributed by atoms with Crippen LogP contribution in [0.1, 0.15) is 63.5 Å². The SMILES string of the molecule is CC/C=C/C(=C\N=C(C)C1(O)CCCCC1)c1ccc2ncc(Cl)c(NCc3ccccc3F)c2c1. The molecule has 3 aromatic rings. The lowest BCUT2D eigenvalue weighted by Crippen LogP contribution is -2.38. The number of pyridine rings is 1. The van der Waals surface area contributed by atoms with E-state index >= 15 is 0 Å². The molecule has 6 heteroatoms. The lowest BCUT2D eigenvalue weighted by molar-refractivity contribution is 0.0703. The molecule has 1 heterocycles. The smallest absolute Gasteiger partial charge is 0.128 e. The zero-order valence-electron chi connectivity index (χ0n) is 20.9. The Morgan fingerprint density at radius 2 is 1.97 bits per heavy atom. The molecule has 1 fully saturated rings. The first kappa shape index (κ1) is 26.1. The van der Waals surface area contributed by atoms with Gasteiger partial charge in [-0.2, -0.15) is 0 Å². The van der Waals surface area contributed by atoms with E-state index in [-0.39, 0.29) is 5.82 Å². The number of fused-ring (bicyclic) bond motifs is 1. The number of aliphatic imine (C=N–C) groups is 1. The van der Waals surface area contributed by atoms with Gasteiger partial charge in [0, 0.05) is 35.6 Å². The highest BCUT2D eigenvalue weighted by Crippen LogP contribution is 2.33. The molecular formula is C30H33ClFN3O. The molecule has 0 bridgehead atoms. The second-order valence-corrected chi connectivity index (χ2v) is 9.77. The van der Waals surface area contributed by atoms with Gasteiger partial charge >= 0.3 is 0 Å². The quantitative estimate of drug-likeness (QED) is 0.240. The summed E-state index contributed by atoms with van der Waals surface area (Å²) in [5, 5.41) is 15.7. The van der Waals surface area contributed by atoms with Crippen LogP contribution < -0.4 is 5.32 Å². The van der Waals surface area contributed by atoms with E-state index in [0.717, 1.165) is 66.3 Å². The van der Waals surface area contributed by atoms with Crippen LogP contribution in [0.25, 0.3) is 16.5 Å². The third-order valence-electron chi connectivity index (χ3n) is 6.85. The van der Waals surface area contributed by atoms with E-state index in [1.165, 1.54) is 6.07 Å². The Kier molecular flexibility index (Phi) is 8.55. The minimum Gasteiger partial charge on any atom is -0.384 e. The fourth-order valence-electron chi connectivity index (χ4n) is 4.60. The number of halogens is 2. The zero-order chi connectivity index (χ0) is 25.5. The van der Waals surface area contributed by atoms with E-state index in [4.69, 9.17) is 16.6 Å². The highest BCUT2D eigenvalue weighted by molar-refractivity contribution is 6.34. The molecule has 36 heavy (non-hydrogen) atoms. The molecule has 0 radical (unpaired) electrons. The molecule has 1 aliphatic carbocycles. The molecule has 4 rings (SSSR count). The number of rotatable bonds is 8. The number of nitrogens with one attached hydrogen (secondary N) is 1. The summed E-state index contributed by atoms with van der Waals surface area (Å²) in [5.74, 6) is -0.261. The second-order valence-electron chi connectivity index (χ2n) is 9.36. The Hall–Kier alpha value is -3.02. The van der Waals surface area contributed by atoms with E-state index in [9.17, 15) is 9.50 Å². The topological polar surface area (TPSA) is 57.5 Å².